The van der Waals surface area contributed by atoms with Crippen molar-refractivity contribution in [1.29, 1.82) is 0 Å². The summed E-state index contributed by atoms with van der Waals surface area (Å²) in [6, 6.07) is 0. The summed E-state index contributed by atoms with van der Waals surface area (Å²) in [5.74, 6) is 0. The number of nitrogens with zero attached hydrogens (tertiary/aromatic N) is 1. The van der Waals surface area contributed by atoms with Gasteiger partial charge >= 0.3 is 6.09 Å². The van der Waals surface area contributed by atoms with Gasteiger partial charge in [0.05, 0.1) is 17.1 Å². The molecule has 18 heavy (non-hydrogen) atoms. The van der Waals surface area contributed by atoms with E-state index in [0.717, 1.165) is 6.20 Å². The number of amides is 1. The first-order chi connectivity index (χ1) is 8.22. The van der Waals surface area contributed by atoms with Crippen molar-refractivity contribution in [2.24, 2.45) is 0 Å². The lowest BCUT2D eigenvalue weighted by Gasteiger charge is -2.27. The number of hydrogen-bond acceptors (Lipinski definition) is 5. The van der Waals surface area contributed by atoms with E-state index in [2.05, 4.69) is 5.32 Å². The highest BCUT2D eigenvalue weighted by molar-refractivity contribution is 5.69. The van der Waals surface area contributed by atoms with Gasteiger partial charge in [0.1, 0.15) is 5.60 Å². The summed E-state index contributed by atoms with van der Waals surface area (Å²) in [7, 11) is 0. The molecule has 0 bridgehead atoms. The van der Waals surface area contributed by atoms with Crippen molar-refractivity contribution in [1.82, 2.24) is 5.32 Å². The molecule has 1 rings (SSSR count). The topological polar surface area (TPSA) is 90.7 Å². The zero-order chi connectivity index (χ0) is 13.8. The van der Waals surface area contributed by atoms with Crippen LogP contribution in [0.1, 0.15) is 27.2 Å². The zero-order valence-electron chi connectivity index (χ0n) is 10.8. The van der Waals surface area contributed by atoms with E-state index in [-0.39, 0.29) is 6.61 Å². The first-order valence-electron chi connectivity index (χ1n) is 5.64. The molecule has 1 fully saturated rings. The van der Waals surface area contributed by atoms with Crippen molar-refractivity contribution < 1.29 is 19.2 Å². The molecule has 102 valence electrons. The third kappa shape index (κ3) is 4.70. The molecule has 0 aromatic heterocycles. The molecule has 0 aliphatic carbocycles. The Bertz CT molecular complexity index is 353. The molecule has 1 aliphatic heterocycles. The normalized spacial score (nSPS) is 24.2. The highest BCUT2D eigenvalue weighted by atomic mass is 16.6. The summed E-state index contributed by atoms with van der Waals surface area (Å²) in [5.41, 5.74) is -1.47. The number of nitrogens with one attached hydrogen (secondary N) is 1. The Morgan fingerprint density at radius 3 is 2.67 bits per heavy atom. The predicted molar refractivity (Wildman–Crippen MR) is 63.7 cm³/mol. The monoisotopic (exact) mass is 258 g/mol. The van der Waals surface area contributed by atoms with Crippen LogP contribution in [0.2, 0.25) is 0 Å². The standard InChI is InChI=1S/C11H18N2O5/c1-10(2,3)18-9(14)12-11(4-6-13(15)16)5-7-17-8-11/h4,6H,5,7-8H2,1-3H3,(H,12,14)/b6-4+. The van der Waals surface area contributed by atoms with Gasteiger partial charge in [-0.1, -0.05) is 0 Å². The number of nitro groups is 1. The van der Waals surface area contributed by atoms with Crippen LogP contribution in [0.25, 0.3) is 0 Å². The first-order valence-corrected chi connectivity index (χ1v) is 5.64. The van der Waals surface area contributed by atoms with E-state index < -0.39 is 22.2 Å². The third-order valence-electron chi connectivity index (χ3n) is 2.32. The Hall–Kier alpha value is -1.63. The van der Waals surface area contributed by atoms with Crippen LogP contribution in [0.3, 0.4) is 0 Å². The van der Waals surface area contributed by atoms with Gasteiger partial charge in [0, 0.05) is 19.1 Å². The quantitative estimate of drug-likeness (QED) is 0.611. The van der Waals surface area contributed by atoms with E-state index in [1.54, 1.807) is 20.8 Å². The molecule has 1 aliphatic rings. The number of carbonyl (C=O) groups excluding carboxylic acids is 1. The van der Waals surface area contributed by atoms with E-state index in [9.17, 15) is 14.9 Å². The van der Waals surface area contributed by atoms with Crippen LogP contribution >= 0.6 is 0 Å². The van der Waals surface area contributed by atoms with Crippen LogP contribution in [0.15, 0.2) is 12.3 Å². The van der Waals surface area contributed by atoms with Gasteiger partial charge in [-0.2, -0.15) is 0 Å². The summed E-state index contributed by atoms with van der Waals surface area (Å²) >= 11 is 0. The summed E-state index contributed by atoms with van der Waals surface area (Å²) < 4.78 is 10.3. The highest BCUT2D eigenvalue weighted by Crippen LogP contribution is 2.21. The molecule has 0 spiro atoms. The molecule has 1 unspecified atom stereocenters. The molecular formula is C11H18N2O5. The minimum absolute atomic E-state index is 0.205. The molecule has 1 heterocycles. The van der Waals surface area contributed by atoms with Crippen molar-refractivity contribution in [2.75, 3.05) is 13.2 Å². The fourth-order valence-electron chi connectivity index (χ4n) is 1.56. The Morgan fingerprint density at radius 2 is 2.22 bits per heavy atom. The fourth-order valence-corrected chi connectivity index (χ4v) is 1.56. The molecule has 1 atom stereocenters. The lowest BCUT2D eigenvalue weighted by Crippen LogP contribution is -2.49. The van der Waals surface area contributed by atoms with Gasteiger partial charge in [-0.05, 0) is 20.8 Å². The summed E-state index contributed by atoms with van der Waals surface area (Å²) in [5, 5.41) is 13.0. The van der Waals surface area contributed by atoms with Crippen LogP contribution in [0.5, 0.6) is 0 Å². The van der Waals surface area contributed by atoms with E-state index >= 15 is 0 Å². The maximum absolute atomic E-state index is 11.7. The van der Waals surface area contributed by atoms with Crippen molar-refractivity contribution in [3.63, 3.8) is 0 Å². The minimum atomic E-state index is -0.852. The lowest BCUT2D eigenvalue weighted by molar-refractivity contribution is -0.402. The van der Waals surface area contributed by atoms with Crippen LogP contribution in [-0.2, 0) is 9.47 Å². The molecule has 7 nitrogen and oxygen atoms in total. The summed E-state index contributed by atoms with van der Waals surface area (Å²) in [6.45, 7) is 5.89. The van der Waals surface area contributed by atoms with Gasteiger partial charge in [-0.15, -0.1) is 0 Å². The maximum atomic E-state index is 11.7. The molecule has 1 amide bonds. The Morgan fingerprint density at radius 1 is 1.56 bits per heavy atom. The van der Waals surface area contributed by atoms with Crippen molar-refractivity contribution in [3.8, 4) is 0 Å². The molecule has 0 radical (unpaired) electrons. The molecule has 0 aromatic rings. The molecule has 0 aromatic carbocycles. The molecule has 1 saturated heterocycles. The molecule has 0 saturated carbocycles. The Labute approximate surface area is 105 Å². The second-order valence-corrected chi connectivity index (χ2v) is 5.19. The van der Waals surface area contributed by atoms with E-state index in [1.807, 2.05) is 0 Å². The van der Waals surface area contributed by atoms with Crippen LogP contribution in [0.4, 0.5) is 4.79 Å². The van der Waals surface area contributed by atoms with Gasteiger partial charge in [-0.3, -0.25) is 10.1 Å². The minimum Gasteiger partial charge on any atom is -0.444 e. The number of hydrogen-bond donors (Lipinski definition) is 1. The van der Waals surface area contributed by atoms with Crippen LogP contribution in [-0.4, -0.2) is 35.4 Å². The Balaban J connectivity index is 2.69. The number of carbonyl (C=O) groups is 1. The van der Waals surface area contributed by atoms with Gasteiger partial charge in [0.2, 0.25) is 6.20 Å². The van der Waals surface area contributed by atoms with E-state index in [1.165, 1.54) is 6.08 Å². The van der Waals surface area contributed by atoms with Crippen LogP contribution in [0, 0.1) is 10.1 Å². The lowest BCUT2D eigenvalue weighted by atomic mass is 9.99. The van der Waals surface area contributed by atoms with Crippen molar-refractivity contribution in [2.45, 2.75) is 38.3 Å². The fraction of sp³-hybridized carbons (Fsp3) is 0.727. The SMILES string of the molecule is CC(C)(C)OC(=O)NC1(/C=C/[N+](=O)[O-])CCOC1. The second kappa shape index (κ2) is 5.34. The number of alkyl carbamates (subject to hydrolysis) is 1. The average Bonchev–Trinajstić information content (AvgIpc) is 2.61. The largest absolute Gasteiger partial charge is 0.444 e. The molecule has 7 heteroatoms. The summed E-state index contributed by atoms with van der Waals surface area (Å²) in [4.78, 5) is 21.4. The van der Waals surface area contributed by atoms with Crippen LogP contribution < -0.4 is 5.32 Å². The van der Waals surface area contributed by atoms with E-state index in [4.69, 9.17) is 9.47 Å². The van der Waals surface area contributed by atoms with Gasteiger partial charge in [0.15, 0.2) is 0 Å². The average molecular weight is 258 g/mol. The highest BCUT2D eigenvalue weighted by Gasteiger charge is 2.36. The van der Waals surface area contributed by atoms with Gasteiger partial charge < -0.3 is 14.8 Å². The van der Waals surface area contributed by atoms with E-state index in [0.29, 0.717) is 13.0 Å². The smallest absolute Gasteiger partial charge is 0.408 e. The zero-order valence-corrected chi connectivity index (χ0v) is 10.8. The Kier molecular flexibility index (Phi) is 4.28. The van der Waals surface area contributed by atoms with Gasteiger partial charge in [-0.25, -0.2) is 4.79 Å². The first kappa shape index (κ1) is 14.4. The molecular weight excluding hydrogens is 240 g/mol. The summed E-state index contributed by atoms with van der Waals surface area (Å²) in [6.07, 6.45) is 2.02. The molecule has 1 N–H and O–H groups in total. The maximum Gasteiger partial charge on any atom is 0.408 e. The second-order valence-electron chi connectivity index (χ2n) is 5.19. The number of ether oxygens (including phenoxy) is 2. The predicted octanol–water partition coefficient (Wildman–Crippen LogP) is 1.46. The number of rotatable bonds is 3. The third-order valence-corrected chi connectivity index (χ3v) is 2.32. The van der Waals surface area contributed by atoms with Crippen molar-refractivity contribution in [3.05, 3.63) is 22.4 Å². The van der Waals surface area contributed by atoms with Crippen molar-refractivity contribution >= 4 is 6.09 Å². The van der Waals surface area contributed by atoms with Gasteiger partial charge in [0.25, 0.3) is 0 Å².